The molecular formula is C60H109NO27. The van der Waals surface area contributed by atoms with Crippen molar-refractivity contribution in [2.45, 2.75) is 309 Å². The molecule has 0 radical (unpaired) electrons. The summed E-state index contributed by atoms with van der Waals surface area (Å²) in [6.07, 6.45) is -20.9. The molecule has 5 rings (SSSR count). The van der Waals surface area contributed by atoms with Gasteiger partial charge in [0.1, 0.15) is 97.7 Å². The van der Waals surface area contributed by atoms with Crippen molar-refractivity contribution in [2.75, 3.05) is 39.6 Å². The Labute approximate surface area is 516 Å². The largest absolute Gasteiger partial charge is 0.394 e. The number of carbonyl (C=O) groups excluding carboxylic acids is 1. The van der Waals surface area contributed by atoms with E-state index in [1.54, 1.807) is 6.08 Å². The van der Waals surface area contributed by atoms with Crippen molar-refractivity contribution < 1.29 is 134 Å². The number of rotatable bonds is 39. The van der Waals surface area contributed by atoms with Crippen molar-refractivity contribution >= 4 is 5.91 Å². The van der Waals surface area contributed by atoms with E-state index >= 15 is 0 Å². The minimum absolute atomic E-state index is 0.187. The Morgan fingerprint density at radius 2 is 1.01 bits per heavy atom. The molecule has 516 valence electrons. The second kappa shape index (κ2) is 39.8. The maximum atomic E-state index is 13.2. The van der Waals surface area contributed by atoms with Crippen molar-refractivity contribution in [1.82, 2.24) is 5.32 Å². The van der Waals surface area contributed by atoms with E-state index in [4.69, 9.17) is 47.4 Å². The van der Waals surface area contributed by atoms with Crippen LogP contribution in [0, 0.1) is 11.8 Å². The molecule has 5 heterocycles. The number of nitrogens with one attached hydrogen (secondary N) is 1. The van der Waals surface area contributed by atoms with Crippen LogP contribution in [0.15, 0.2) is 12.2 Å². The van der Waals surface area contributed by atoms with Gasteiger partial charge in [0, 0.05) is 24.7 Å². The predicted molar refractivity (Wildman–Crippen MR) is 309 cm³/mol. The monoisotopic (exact) mass is 1280 g/mol. The molecule has 28 heteroatoms. The molecular weight excluding hydrogens is 1170 g/mol. The summed E-state index contributed by atoms with van der Waals surface area (Å²) < 4.78 is 60.5. The predicted octanol–water partition coefficient (Wildman–Crippen LogP) is -2.14. The highest BCUT2D eigenvalue weighted by Gasteiger charge is 2.57. The Balaban J connectivity index is 1.33. The quantitative estimate of drug-likeness (QED) is 0.0231. The Hall–Kier alpha value is -1.83. The summed E-state index contributed by atoms with van der Waals surface area (Å²) >= 11 is 0. The first kappa shape index (κ1) is 76.9. The molecule has 5 fully saturated rings. The molecule has 10 unspecified atom stereocenters. The number of unbranched alkanes of at least 4 members (excludes halogenated alkanes) is 15. The zero-order chi connectivity index (χ0) is 64.6. The van der Waals surface area contributed by atoms with E-state index < -0.39 is 211 Å². The van der Waals surface area contributed by atoms with Crippen LogP contribution in [0.25, 0.3) is 0 Å². The summed E-state index contributed by atoms with van der Waals surface area (Å²) in [7, 11) is 0. The molecule has 5 saturated heterocycles. The van der Waals surface area contributed by atoms with Gasteiger partial charge in [-0.3, -0.25) is 4.79 Å². The molecule has 0 aromatic rings. The molecule has 1 amide bonds. The average Bonchev–Trinajstić information content (AvgIpc) is 0.912. The van der Waals surface area contributed by atoms with Gasteiger partial charge in [0.25, 0.3) is 0 Å². The van der Waals surface area contributed by atoms with Crippen LogP contribution in [0.3, 0.4) is 0 Å². The highest BCUT2D eigenvalue weighted by atomic mass is 16.8. The van der Waals surface area contributed by atoms with Gasteiger partial charge in [-0.15, -0.1) is 0 Å². The van der Waals surface area contributed by atoms with Gasteiger partial charge in [0.05, 0.1) is 70.1 Å². The maximum Gasteiger partial charge on any atom is 0.220 e. The Morgan fingerprint density at radius 3 is 1.61 bits per heavy atom. The third kappa shape index (κ3) is 21.9. The lowest BCUT2D eigenvalue weighted by molar-refractivity contribution is -0.396. The van der Waals surface area contributed by atoms with Crippen molar-refractivity contribution in [3.05, 3.63) is 12.2 Å². The van der Waals surface area contributed by atoms with Gasteiger partial charge in [-0.05, 0) is 19.3 Å². The summed E-state index contributed by atoms with van der Waals surface area (Å²) in [6.45, 7) is 2.37. The SMILES string of the molecule is CCCCCCCCCCCCC/C=C/[C@@H](O)[C@H](CO[C@@H]1OC(CO)[C@@H](O[C@@H]2OC(CO)[C@H](O[C@@H]3OC(CO)[C@H](O)[C@H](O[C@@H]4OC(CO)[C@H](O)[C@H](O)C4O)C3C)[C@H](OC3C[C@@H](O)[C@@H](C)C([C@H](O)[C@H](O)CO)O3)C2O)[C@H](O)C1O)NC(=O)CCCCCCC. The average molecular weight is 1280 g/mol. The van der Waals surface area contributed by atoms with Gasteiger partial charge in [-0.25, -0.2) is 0 Å². The molecule has 0 spiro atoms. The van der Waals surface area contributed by atoms with Crippen LogP contribution in [0.4, 0.5) is 0 Å². The van der Waals surface area contributed by atoms with E-state index in [0.717, 1.165) is 44.9 Å². The lowest BCUT2D eigenvalue weighted by Crippen LogP contribution is -2.67. The fraction of sp³-hybridized carbons (Fsp3) is 0.950. The topological polar surface area (TPSA) is 445 Å². The lowest BCUT2D eigenvalue weighted by atomic mass is 9.87. The second-order valence-corrected chi connectivity index (χ2v) is 24.4. The minimum Gasteiger partial charge on any atom is -0.394 e. The first-order valence-electron chi connectivity index (χ1n) is 32.2. The molecule has 88 heavy (non-hydrogen) atoms. The third-order valence-electron chi connectivity index (χ3n) is 17.6. The highest BCUT2D eigenvalue weighted by Crippen LogP contribution is 2.39. The fourth-order valence-corrected chi connectivity index (χ4v) is 11.9. The molecule has 5 aliphatic rings. The first-order valence-corrected chi connectivity index (χ1v) is 32.2. The highest BCUT2D eigenvalue weighted by molar-refractivity contribution is 5.76. The van der Waals surface area contributed by atoms with Gasteiger partial charge < -0.3 is 134 Å². The number of hydrogen-bond donors (Lipinski definition) is 17. The number of hydrogen-bond acceptors (Lipinski definition) is 27. The summed E-state index contributed by atoms with van der Waals surface area (Å²) in [5.74, 6) is -2.37. The summed E-state index contributed by atoms with van der Waals surface area (Å²) in [6, 6.07) is -1.04. The third-order valence-corrected chi connectivity index (χ3v) is 17.6. The van der Waals surface area contributed by atoms with Gasteiger partial charge in [-0.1, -0.05) is 130 Å². The number of amides is 1. The molecule has 0 aromatic heterocycles. The van der Waals surface area contributed by atoms with Crippen LogP contribution in [-0.2, 0) is 52.2 Å². The number of aliphatic hydroxyl groups is 16. The zero-order valence-electron chi connectivity index (χ0n) is 51.6. The van der Waals surface area contributed by atoms with E-state index in [1.807, 2.05) is 6.08 Å². The van der Waals surface area contributed by atoms with Crippen LogP contribution in [0.2, 0.25) is 0 Å². The summed E-state index contributed by atoms with van der Waals surface area (Å²) in [5.41, 5.74) is 0. The van der Waals surface area contributed by atoms with Crippen molar-refractivity contribution in [1.29, 1.82) is 0 Å². The number of carbonyl (C=O) groups is 1. The molecule has 0 bridgehead atoms. The van der Waals surface area contributed by atoms with Crippen molar-refractivity contribution in [2.24, 2.45) is 11.8 Å². The second-order valence-electron chi connectivity index (χ2n) is 24.4. The molecule has 28 nitrogen and oxygen atoms in total. The zero-order valence-corrected chi connectivity index (χ0v) is 51.6. The maximum absolute atomic E-state index is 13.2. The molecule has 5 aliphatic heterocycles. The smallest absolute Gasteiger partial charge is 0.220 e. The lowest BCUT2D eigenvalue weighted by Gasteiger charge is -2.51. The van der Waals surface area contributed by atoms with Gasteiger partial charge >= 0.3 is 0 Å². The van der Waals surface area contributed by atoms with Crippen molar-refractivity contribution in [3.8, 4) is 0 Å². The standard InChI is InChI=1S/C60H109NO27/c1-5-7-9-11-12-13-14-15-16-17-18-20-21-23-35(67)34(61-42(70)24-22-19-10-8-6-2)31-79-58-50(77)48(75)54(40(29-65)82-58)87-60-51(78)56(85-43-25-36(68)32(3)52(84-43)44(71)37(69)26-62)55(41(30-66)83-60)88-57-33(4)53(46(73)39(28-64)80-57)86-59-49(76)47(74)45(72)38(27-63)81-59/h21,23,32-41,43-60,62-69,71-78H,5-20,22,24-31H2,1-4H3,(H,61,70)/b23-21+/t32-,33?,34+,35-,36-,37-,38?,39?,40?,41?,43?,44-,45+,46+,47+,48-,49?,50?,51?,52?,53-,54-,55+,56-,57+,58-,59+,60+/m1/s1. The molecule has 0 aromatic carbocycles. The summed E-state index contributed by atoms with van der Waals surface area (Å²) in [4.78, 5) is 13.2. The Kier molecular flexibility index (Phi) is 34.7. The number of allylic oxidation sites excluding steroid dienone is 1. The number of aliphatic hydroxyl groups excluding tert-OH is 16. The molecule has 0 saturated carbocycles. The van der Waals surface area contributed by atoms with Gasteiger partial charge in [0.15, 0.2) is 31.5 Å². The van der Waals surface area contributed by atoms with Gasteiger partial charge in [0.2, 0.25) is 5.91 Å². The van der Waals surface area contributed by atoms with Crippen LogP contribution in [0.5, 0.6) is 0 Å². The molecule has 0 aliphatic carbocycles. The van der Waals surface area contributed by atoms with Crippen molar-refractivity contribution in [3.63, 3.8) is 0 Å². The fourth-order valence-electron chi connectivity index (χ4n) is 11.9. The first-order chi connectivity index (χ1) is 42.2. The van der Waals surface area contributed by atoms with Gasteiger partial charge in [-0.2, -0.15) is 0 Å². The van der Waals surface area contributed by atoms with Crippen LogP contribution in [0.1, 0.15) is 150 Å². The Bertz CT molecular complexity index is 1920. The van der Waals surface area contributed by atoms with E-state index in [-0.39, 0.29) is 18.7 Å². The van der Waals surface area contributed by atoms with E-state index in [9.17, 15) is 86.5 Å². The van der Waals surface area contributed by atoms with E-state index in [0.29, 0.717) is 12.8 Å². The van der Waals surface area contributed by atoms with E-state index in [2.05, 4.69) is 19.2 Å². The molecule has 17 N–H and O–H groups in total. The van der Waals surface area contributed by atoms with Crippen LogP contribution in [-0.4, -0.2) is 287 Å². The van der Waals surface area contributed by atoms with Crippen LogP contribution < -0.4 is 5.32 Å². The minimum atomic E-state index is -2.10. The number of ether oxygens (including phenoxy) is 10. The normalized spacial score (nSPS) is 38.9. The van der Waals surface area contributed by atoms with E-state index in [1.165, 1.54) is 65.2 Å². The Morgan fingerprint density at radius 1 is 0.511 bits per heavy atom. The van der Waals surface area contributed by atoms with Crippen LogP contribution >= 0.6 is 0 Å². The summed E-state index contributed by atoms with van der Waals surface area (Å²) in [5, 5.41) is 177. The molecule has 28 atom stereocenters.